The highest BCUT2D eigenvalue weighted by atomic mass is 16.1. The Morgan fingerprint density at radius 2 is 1.55 bits per heavy atom. The van der Waals surface area contributed by atoms with Crippen LogP contribution in [0.3, 0.4) is 0 Å². The number of benzene rings is 1. The molecule has 0 aromatic heterocycles. The minimum absolute atomic E-state index is 0.00717. The molecule has 0 amide bonds. The van der Waals surface area contributed by atoms with E-state index in [1.807, 2.05) is 30.3 Å². The van der Waals surface area contributed by atoms with Crippen LogP contribution in [0.15, 0.2) is 48.2 Å². The summed E-state index contributed by atoms with van der Waals surface area (Å²) in [4.78, 5) is 27.2. The number of likely N-dealkylation sites (tertiary alicyclic amines) is 1. The average molecular weight is 291 g/mol. The van der Waals surface area contributed by atoms with Crippen LogP contribution < -0.4 is 0 Å². The highest BCUT2D eigenvalue weighted by Crippen LogP contribution is 2.60. The molecular formula is C19H17NO2. The Balaban J connectivity index is 1.44. The van der Waals surface area contributed by atoms with Crippen LogP contribution in [0.2, 0.25) is 0 Å². The summed E-state index contributed by atoms with van der Waals surface area (Å²) in [5.74, 6) is 1.45. The van der Waals surface area contributed by atoms with Crippen LogP contribution in [0.1, 0.15) is 24.8 Å². The molecule has 0 N–H and O–H groups in total. The molecule has 0 spiro atoms. The molecule has 3 heteroatoms. The van der Waals surface area contributed by atoms with Crippen molar-refractivity contribution in [1.29, 1.82) is 0 Å². The summed E-state index contributed by atoms with van der Waals surface area (Å²) in [6.45, 7) is 0. The summed E-state index contributed by atoms with van der Waals surface area (Å²) in [5.41, 5.74) is 1.97. The van der Waals surface area contributed by atoms with Gasteiger partial charge in [-0.1, -0.05) is 30.3 Å². The molecule has 1 aromatic carbocycles. The molecule has 4 aliphatic rings. The van der Waals surface area contributed by atoms with Crippen LogP contribution >= 0.6 is 0 Å². The van der Waals surface area contributed by atoms with Crippen molar-refractivity contribution in [3.05, 3.63) is 53.7 Å². The average Bonchev–Trinajstić information content (AvgIpc) is 2.95. The van der Waals surface area contributed by atoms with Gasteiger partial charge >= 0.3 is 0 Å². The van der Waals surface area contributed by atoms with Crippen LogP contribution in [-0.2, 0) is 9.59 Å². The van der Waals surface area contributed by atoms with Crippen molar-refractivity contribution in [2.24, 2.45) is 11.8 Å². The molecule has 3 aliphatic carbocycles. The van der Waals surface area contributed by atoms with Crippen molar-refractivity contribution in [3.63, 3.8) is 0 Å². The maximum absolute atomic E-state index is 12.5. The molecule has 2 bridgehead atoms. The van der Waals surface area contributed by atoms with Gasteiger partial charge in [-0.2, -0.15) is 0 Å². The number of rotatable bonds is 2. The van der Waals surface area contributed by atoms with Crippen LogP contribution in [0.5, 0.6) is 0 Å². The van der Waals surface area contributed by atoms with Crippen LogP contribution in [-0.4, -0.2) is 28.6 Å². The standard InChI is InChI=1S/C19H17NO2/c21-16-10-15(20-18-12-6-7-13(8-12)19(18)20)17(22)9-14(16)11-4-2-1-3-5-11/h1-5,9-10,12-13,18-19H,6-8H2. The maximum atomic E-state index is 12.5. The minimum atomic E-state index is -0.0434. The quantitative estimate of drug-likeness (QED) is 0.621. The van der Waals surface area contributed by atoms with Gasteiger partial charge in [-0.05, 0) is 42.7 Å². The second-order valence-electron chi connectivity index (χ2n) is 6.90. The van der Waals surface area contributed by atoms with Crippen LogP contribution in [0.25, 0.3) is 5.57 Å². The smallest absolute Gasteiger partial charge is 0.202 e. The zero-order chi connectivity index (χ0) is 14.8. The summed E-state index contributed by atoms with van der Waals surface area (Å²) in [7, 11) is 0. The van der Waals surface area contributed by atoms with Gasteiger partial charge in [0, 0.05) is 11.6 Å². The molecule has 2 saturated carbocycles. The molecule has 110 valence electrons. The number of hydrogen-bond acceptors (Lipinski definition) is 3. The summed E-state index contributed by atoms with van der Waals surface area (Å²) in [6.07, 6.45) is 7.02. The zero-order valence-electron chi connectivity index (χ0n) is 12.2. The lowest BCUT2D eigenvalue weighted by molar-refractivity contribution is -0.114. The molecule has 1 saturated heterocycles. The van der Waals surface area contributed by atoms with Gasteiger partial charge in [0.15, 0.2) is 5.78 Å². The molecular weight excluding hydrogens is 274 g/mol. The van der Waals surface area contributed by atoms with E-state index in [0.29, 0.717) is 23.4 Å². The number of fused-ring (bicyclic) bond motifs is 5. The topological polar surface area (TPSA) is 37.1 Å². The Morgan fingerprint density at radius 3 is 2.23 bits per heavy atom. The summed E-state index contributed by atoms with van der Waals surface area (Å²) in [5, 5.41) is 0. The number of piperidine rings is 1. The Kier molecular flexibility index (Phi) is 2.36. The Morgan fingerprint density at radius 1 is 0.864 bits per heavy atom. The van der Waals surface area contributed by atoms with E-state index in [-0.39, 0.29) is 11.6 Å². The second kappa shape index (κ2) is 4.19. The highest BCUT2D eigenvalue weighted by molar-refractivity contribution is 6.35. The van der Waals surface area contributed by atoms with Gasteiger partial charge in [0.2, 0.25) is 5.78 Å². The third-order valence-corrected chi connectivity index (χ3v) is 5.81. The minimum Gasteiger partial charge on any atom is -0.358 e. The summed E-state index contributed by atoms with van der Waals surface area (Å²) < 4.78 is 0. The predicted molar refractivity (Wildman–Crippen MR) is 82.8 cm³/mol. The third-order valence-electron chi connectivity index (χ3n) is 5.81. The lowest BCUT2D eigenvalue weighted by Gasteiger charge is -2.18. The van der Waals surface area contributed by atoms with Crippen LogP contribution in [0.4, 0.5) is 0 Å². The van der Waals surface area contributed by atoms with E-state index in [1.165, 1.54) is 25.3 Å². The first-order valence-corrected chi connectivity index (χ1v) is 8.10. The zero-order valence-corrected chi connectivity index (χ0v) is 12.2. The molecule has 22 heavy (non-hydrogen) atoms. The van der Waals surface area contributed by atoms with E-state index in [2.05, 4.69) is 4.90 Å². The monoisotopic (exact) mass is 291 g/mol. The molecule has 1 heterocycles. The van der Waals surface area contributed by atoms with Gasteiger partial charge in [0.25, 0.3) is 0 Å². The van der Waals surface area contributed by atoms with Crippen molar-refractivity contribution in [3.8, 4) is 0 Å². The van der Waals surface area contributed by atoms with E-state index in [1.54, 1.807) is 6.08 Å². The fourth-order valence-electron chi connectivity index (χ4n) is 4.87. The first-order valence-electron chi connectivity index (χ1n) is 8.10. The van der Waals surface area contributed by atoms with Gasteiger partial charge in [-0.15, -0.1) is 0 Å². The summed E-state index contributed by atoms with van der Waals surface area (Å²) in [6, 6.07) is 10.5. The fourth-order valence-corrected chi connectivity index (χ4v) is 4.87. The molecule has 1 aliphatic heterocycles. The lowest BCUT2D eigenvalue weighted by Crippen LogP contribution is -2.22. The van der Waals surface area contributed by atoms with Gasteiger partial charge < -0.3 is 4.90 Å². The van der Waals surface area contributed by atoms with Crippen molar-refractivity contribution >= 4 is 17.1 Å². The SMILES string of the molecule is O=C1C=C(N2C3C4CCC(C4)C32)C(=O)C=C1c1ccccc1. The van der Waals surface area contributed by atoms with E-state index in [0.717, 1.165) is 17.4 Å². The maximum Gasteiger partial charge on any atom is 0.202 e. The van der Waals surface area contributed by atoms with Gasteiger partial charge in [0.05, 0.1) is 17.8 Å². The Bertz CT molecular complexity index is 730. The normalized spacial score (nSPS) is 35.4. The number of hydrogen-bond donors (Lipinski definition) is 0. The number of allylic oxidation sites excluding steroid dienone is 3. The molecule has 4 atom stereocenters. The molecule has 4 unspecified atom stereocenters. The van der Waals surface area contributed by atoms with Gasteiger partial charge in [-0.3, -0.25) is 9.59 Å². The van der Waals surface area contributed by atoms with Gasteiger partial charge in [0.1, 0.15) is 0 Å². The van der Waals surface area contributed by atoms with E-state index >= 15 is 0 Å². The number of ketones is 2. The second-order valence-corrected chi connectivity index (χ2v) is 6.90. The predicted octanol–water partition coefficient (Wildman–Crippen LogP) is 2.59. The van der Waals surface area contributed by atoms with Crippen molar-refractivity contribution < 1.29 is 9.59 Å². The number of carbonyl (C=O) groups is 2. The molecule has 0 radical (unpaired) electrons. The Labute approximate surface area is 129 Å². The fraction of sp³-hybridized carbons (Fsp3) is 0.368. The number of nitrogens with zero attached hydrogens (tertiary/aromatic N) is 1. The largest absolute Gasteiger partial charge is 0.358 e. The highest BCUT2D eigenvalue weighted by Gasteiger charge is 2.65. The van der Waals surface area contributed by atoms with Crippen molar-refractivity contribution in [1.82, 2.24) is 4.90 Å². The molecule has 1 aromatic rings. The van der Waals surface area contributed by atoms with E-state index in [9.17, 15) is 9.59 Å². The lowest BCUT2D eigenvalue weighted by atomic mass is 9.94. The van der Waals surface area contributed by atoms with Gasteiger partial charge in [-0.25, -0.2) is 0 Å². The summed E-state index contributed by atoms with van der Waals surface area (Å²) >= 11 is 0. The molecule has 5 rings (SSSR count). The first kappa shape index (κ1) is 12.4. The Hall–Kier alpha value is -2.16. The molecule has 3 fully saturated rings. The first-order chi connectivity index (χ1) is 10.7. The third kappa shape index (κ3) is 1.57. The van der Waals surface area contributed by atoms with Crippen molar-refractivity contribution in [2.75, 3.05) is 0 Å². The van der Waals surface area contributed by atoms with E-state index in [4.69, 9.17) is 0 Å². The van der Waals surface area contributed by atoms with Crippen molar-refractivity contribution in [2.45, 2.75) is 31.3 Å². The van der Waals surface area contributed by atoms with Crippen LogP contribution in [0, 0.1) is 11.8 Å². The van der Waals surface area contributed by atoms with E-state index < -0.39 is 0 Å². The number of carbonyl (C=O) groups excluding carboxylic acids is 2. The molecule has 3 nitrogen and oxygen atoms in total.